The topological polar surface area (TPSA) is 84.8 Å². The van der Waals surface area contributed by atoms with Crippen molar-refractivity contribution < 1.29 is 24.1 Å². The summed E-state index contributed by atoms with van der Waals surface area (Å²) in [7, 11) is 5.11. The third-order valence-electron chi connectivity index (χ3n) is 4.76. The van der Waals surface area contributed by atoms with Gasteiger partial charge in [-0.3, -0.25) is 4.99 Å². The standard InChI is InChI=1S/C22H29N3O5.HI/c1-5-23-22(25(2)13-15-6-8-20-21(10-15)30-14-29-20)24-12-18(26)17-11-16(27-3)7-9-19(17)28-4;/h6-11,18,26H,5,12-14H2,1-4H3,(H,23,24);1H. The molecule has 9 heteroatoms. The second-order valence-corrected chi connectivity index (χ2v) is 6.86. The smallest absolute Gasteiger partial charge is 0.231 e. The van der Waals surface area contributed by atoms with E-state index in [-0.39, 0.29) is 37.3 Å². The van der Waals surface area contributed by atoms with Crippen LogP contribution in [0.25, 0.3) is 0 Å². The van der Waals surface area contributed by atoms with E-state index >= 15 is 0 Å². The summed E-state index contributed by atoms with van der Waals surface area (Å²) in [6.07, 6.45) is -0.831. The van der Waals surface area contributed by atoms with Gasteiger partial charge in [-0.25, -0.2) is 0 Å². The number of hydrogen-bond acceptors (Lipinski definition) is 6. The van der Waals surface area contributed by atoms with Crippen molar-refractivity contribution in [2.75, 3.05) is 41.1 Å². The van der Waals surface area contributed by atoms with Crippen molar-refractivity contribution in [3.05, 3.63) is 47.5 Å². The van der Waals surface area contributed by atoms with Gasteiger partial charge in [-0.2, -0.15) is 0 Å². The molecule has 0 spiro atoms. The minimum Gasteiger partial charge on any atom is -0.497 e. The van der Waals surface area contributed by atoms with Crippen LogP contribution in [-0.4, -0.2) is 57.1 Å². The van der Waals surface area contributed by atoms with Crippen LogP contribution in [0.2, 0.25) is 0 Å². The Hall–Kier alpha value is -2.40. The molecule has 1 heterocycles. The van der Waals surface area contributed by atoms with Crippen LogP contribution in [0.4, 0.5) is 0 Å². The van der Waals surface area contributed by atoms with Crippen molar-refractivity contribution in [1.29, 1.82) is 0 Å². The molecule has 0 aliphatic carbocycles. The van der Waals surface area contributed by atoms with Gasteiger partial charge in [-0.15, -0.1) is 24.0 Å². The summed E-state index contributed by atoms with van der Waals surface area (Å²) in [5, 5.41) is 14.0. The van der Waals surface area contributed by atoms with E-state index in [9.17, 15) is 5.11 Å². The number of rotatable bonds is 8. The largest absolute Gasteiger partial charge is 0.497 e. The minimum atomic E-state index is -0.831. The van der Waals surface area contributed by atoms with Gasteiger partial charge in [0.25, 0.3) is 0 Å². The number of fused-ring (bicyclic) bond motifs is 1. The average molecular weight is 543 g/mol. The van der Waals surface area contributed by atoms with Crippen LogP contribution in [-0.2, 0) is 6.54 Å². The molecule has 0 fully saturated rings. The molecule has 2 N–H and O–H groups in total. The maximum absolute atomic E-state index is 10.7. The quantitative estimate of drug-likeness (QED) is 0.301. The Kier molecular flexibility index (Phi) is 9.50. The van der Waals surface area contributed by atoms with Crippen molar-refractivity contribution in [2.45, 2.75) is 19.6 Å². The maximum Gasteiger partial charge on any atom is 0.231 e. The zero-order valence-electron chi connectivity index (χ0n) is 18.3. The first-order valence-corrected chi connectivity index (χ1v) is 9.83. The lowest BCUT2D eigenvalue weighted by Gasteiger charge is -2.23. The molecule has 1 aliphatic heterocycles. The molecule has 1 atom stereocenters. The van der Waals surface area contributed by atoms with Gasteiger partial charge in [0.1, 0.15) is 17.6 Å². The highest BCUT2D eigenvalue weighted by atomic mass is 127. The third kappa shape index (κ3) is 6.30. The first-order valence-electron chi connectivity index (χ1n) is 9.83. The molecule has 31 heavy (non-hydrogen) atoms. The predicted octanol–water partition coefficient (Wildman–Crippen LogP) is 3.18. The van der Waals surface area contributed by atoms with Crippen molar-refractivity contribution in [2.24, 2.45) is 4.99 Å². The van der Waals surface area contributed by atoms with Gasteiger partial charge in [0, 0.05) is 25.7 Å². The first kappa shape index (κ1) is 24.9. The Balaban J connectivity index is 0.00000341. The molecule has 0 radical (unpaired) electrons. The molecule has 0 saturated carbocycles. The van der Waals surface area contributed by atoms with E-state index in [4.69, 9.17) is 18.9 Å². The average Bonchev–Trinajstić information content (AvgIpc) is 3.23. The van der Waals surface area contributed by atoms with Crippen LogP contribution in [0, 0.1) is 0 Å². The van der Waals surface area contributed by atoms with Crippen molar-refractivity contribution in [1.82, 2.24) is 10.2 Å². The number of aliphatic hydroxyl groups excluding tert-OH is 1. The Morgan fingerprint density at radius 3 is 2.65 bits per heavy atom. The van der Waals surface area contributed by atoms with Crippen LogP contribution in [0.1, 0.15) is 24.2 Å². The van der Waals surface area contributed by atoms with Crippen molar-refractivity contribution in [3.8, 4) is 23.0 Å². The Bertz CT molecular complexity index is 893. The number of methoxy groups -OCH3 is 2. The maximum atomic E-state index is 10.7. The molecule has 2 aromatic rings. The Labute approximate surface area is 200 Å². The van der Waals surface area contributed by atoms with Gasteiger partial charge >= 0.3 is 0 Å². The fourth-order valence-corrected chi connectivity index (χ4v) is 3.23. The van der Waals surface area contributed by atoms with Crippen LogP contribution in [0.15, 0.2) is 41.4 Å². The highest BCUT2D eigenvalue weighted by molar-refractivity contribution is 14.0. The van der Waals surface area contributed by atoms with Crippen LogP contribution >= 0.6 is 24.0 Å². The lowest BCUT2D eigenvalue weighted by molar-refractivity contribution is 0.174. The molecule has 2 aromatic carbocycles. The second-order valence-electron chi connectivity index (χ2n) is 6.86. The molecule has 0 aromatic heterocycles. The molecule has 3 rings (SSSR count). The summed E-state index contributed by atoms with van der Waals surface area (Å²) in [6, 6.07) is 11.2. The monoisotopic (exact) mass is 543 g/mol. The van der Waals surface area contributed by atoms with Crippen LogP contribution < -0.4 is 24.3 Å². The fourth-order valence-electron chi connectivity index (χ4n) is 3.23. The van der Waals surface area contributed by atoms with E-state index in [0.29, 0.717) is 36.1 Å². The van der Waals surface area contributed by atoms with E-state index in [1.54, 1.807) is 32.4 Å². The fraction of sp³-hybridized carbons (Fsp3) is 0.409. The third-order valence-corrected chi connectivity index (χ3v) is 4.76. The number of nitrogens with zero attached hydrogens (tertiary/aromatic N) is 2. The number of halogens is 1. The molecule has 8 nitrogen and oxygen atoms in total. The van der Waals surface area contributed by atoms with E-state index in [0.717, 1.165) is 17.1 Å². The number of ether oxygens (including phenoxy) is 4. The molecule has 1 unspecified atom stereocenters. The van der Waals surface area contributed by atoms with Gasteiger partial charge in [0.05, 0.1) is 20.8 Å². The molecular formula is C22H30IN3O5. The SMILES string of the molecule is CCNC(=NCC(O)c1cc(OC)ccc1OC)N(C)Cc1ccc2c(c1)OCO2.I. The second kappa shape index (κ2) is 11.8. The number of aliphatic imine (C=N–C) groups is 1. The number of hydrogen-bond donors (Lipinski definition) is 2. The summed E-state index contributed by atoms with van der Waals surface area (Å²) in [5.41, 5.74) is 1.71. The highest BCUT2D eigenvalue weighted by Gasteiger charge is 2.17. The number of guanidine groups is 1. The predicted molar refractivity (Wildman–Crippen MR) is 130 cm³/mol. The van der Waals surface area contributed by atoms with Gasteiger partial charge in [-0.1, -0.05) is 6.07 Å². The first-order chi connectivity index (χ1) is 14.5. The lowest BCUT2D eigenvalue weighted by Crippen LogP contribution is -2.38. The van der Waals surface area contributed by atoms with Gasteiger partial charge in [0.15, 0.2) is 17.5 Å². The molecule has 0 saturated heterocycles. The summed E-state index contributed by atoms with van der Waals surface area (Å²) in [6.45, 7) is 3.77. The molecule has 1 aliphatic rings. The zero-order valence-corrected chi connectivity index (χ0v) is 20.6. The number of aliphatic hydroxyl groups is 1. The van der Waals surface area contributed by atoms with Gasteiger partial charge in [-0.05, 0) is 42.8 Å². The zero-order chi connectivity index (χ0) is 21.5. The van der Waals surface area contributed by atoms with E-state index in [1.807, 2.05) is 37.1 Å². The Morgan fingerprint density at radius 2 is 1.94 bits per heavy atom. The highest BCUT2D eigenvalue weighted by Crippen LogP contribution is 2.33. The lowest BCUT2D eigenvalue weighted by atomic mass is 10.1. The minimum absolute atomic E-state index is 0. The molecule has 170 valence electrons. The van der Waals surface area contributed by atoms with Crippen LogP contribution in [0.3, 0.4) is 0 Å². The van der Waals surface area contributed by atoms with E-state index in [1.165, 1.54) is 0 Å². The van der Waals surface area contributed by atoms with Gasteiger partial charge < -0.3 is 34.3 Å². The summed E-state index contributed by atoms with van der Waals surface area (Å²) >= 11 is 0. The van der Waals surface area contributed by atoms with E-state index < -0.39 is 6.10 Å². The summed E-state index contributed by atoms with van der Waals surface area (Å²) in [4.78, 5) is 6.61. The normalized spacial score (nSPS) is 13.3. The van der Waals surface area contributed by atoms with Crippen molar-refractivity contribution in [3.63, 3.8) is 0 Å². The summed E-state index contributed by atoms with van der Waals surface area (Å²) < 4.78 is 21.5. The molecule has 0 bridgehead atoms. The Morgan fingerprint density at radius 1 is 1.16 bits per heavy atom. The number of nitrogens with one attached hydrogen (secondary N) is 1. The van der Waals surface area contributed by atoms with Gasteiger partial charge in [0.2, 0.25) is 6.79 Å². The summed E-state index contributed by atoms with van der Waals surface area (Å²) in [5.74, 6) is 3.45. The van der Waals surface area contributed by atoms with E-state index in [2.05, 4.69) is 10.3 Å². The molecular weight excluding hydrogens is 513 g/mol. The molecule has 0 amide bonds. The van der Waals surface area contributed by atoms with Crippen molar-refractivity contribution >= 4 is 29.9 Å². The number of benzene rings is 2. The van der Waals surface area contributed by atoms with Crippen LogP contribution in [0.5, 0.6) is 23.0 Å².